The average molecular weight is 955 g/mol. The van der Waals surface area contributed by atoms with E-state index in [0.717, 1.165) is 6.42 Å². The number of aliphatic hydroxyl groups excluding tert-OH is 14. The molecule has 7 rings (SSSR count). The van der Waals surface area contributed by atoms with E-state index in [4.69, 9.17) is 37.9 Å². The number of rotatable bonds is 12. The predicted octanol–water partition coefficient (Wildman–Crippen LogP) is -5.26. The van der Waals surface area contributed by atoms with Crippen LogP contribution in [0.15, 0.2) is 12.2 Å². The van der Waals surface area contributed by atoms with E-state index < -0.39 is 172 Å². The molecule has 26 atom stereocenters. The number of aliphatic hydroxyl groups is 14. The summed E-state index contributed by atoms with van der Waals surface area (Å²) in [6.07, 6.45) is -29.4. The minimum Gasteiger partial charge on any atom is -0.432 e. The minimum absolute atomic E-state index is 0.0319. The molecule has 4 aliphatic heterocycles. The lowest BCUT2D eigenvalue weighted by molar-refractivity contribution is -0.363. The van der Waals surface area contributed by atoms with Gasteiger partial charge in [-0.15, -0.1) is 0 Å². The van der Waals surface area contributed by atoms with Crippen molar-refractivity contribution in [3.63, 3.8) is 0 Å². The zero-order valence-electron chi connectivity index (χ0n) is 37.0. The topological polar surface area (TPSA) is 374 Å². The van der Waals surface area contributed by atoms with E-state index in [0.29, 0.717) is 50.5 Å². The summed E-state index contributed by atoms with van der Waals surface area (Å²) < 4.78 is 46.5. The number of hydrogen-bond donors (Lipinski definition) is 14. The lowest BCUT2D eigenvalue weighted by Gasteiger charge is -2.59. The molecule has 7 fully saturated rings. The fourth-order valence-electron chi connectivity index (χ4n) is 12.0. The van der Waals surface area contributed by atoms with Gasteiger partial charge in [0.05, 0.1) is 37.9 Å². The third-order valence-electron chi connectivity index (χ3n) is 15.9. The van der Waals surface area contributed by atoms with Gasteiger partial charge in [-0.3, -0.25) is 4.79 Å². The minimum atomic E-state index is -1.90. The summed E-state index contributed by atoms with van der Waals surface area (Å²) in [5.41, 5.74) is -0.861. The highest BCUT2D eigenvalue weighted by Gasteiger charge is 2.61. The smallest absolute Gasteiger partial charge is 0.314 e. The van der Waals surface area contributed by atoms with Crippen LogP contribution in [0.4, 0.5) is 0 Å². The first-order valence-electron chi connectivity index (χ1n) is 23.0. The van der Waals surface area contributed by atoms with Crippen molar-refractivity contribution in [1.82, 2.24) is 0 Å². The number of esters is 1. The maximum absolute atomic E-state index is 14.6. The van der Waals surface area contributed by atoms with Gasteiger partial charge in [0.25, 0.3) is 0 Å². The molecule has 23 heteroatoms. The Kier molecular flexibility index (Phi) is 16.6. The summed E-state index contributed by atoms with van der Waals surface area (Å²) in [6.45, 7) is 5.30. The molecule has 0 amide bonds. The van der Waals surface area contributed by atoms with Gasteiger partial charge in [0.1, 0.15) is 91.6 Å². The molecule has 0 bridgehead atoms. The Labute approximate surface area is 381 Å². The van der Waals surface area contributed by atoms with Gasteiger partial charge in [-0.2, -0.15) is 0 Å². The Morgan fingerprint density at radius 3 is 1.59 bits per heavy atom. The monoisotopic (exact) mass is 954 g/mol. The zero-order chi connectivity index (χ0) is 48.2. The molecule has 0 aromatic carbocycles. The van der Waals surface area contributed by atoms with E-state index in [-0.39, 0.29) is 17.8 Å². The molecule has 23 nitrogen and oxygen atoms in total. The van der Waals surface area contributed by atoms with Gasteiger partial charge in [-0.1, -0.05) is 19.9 Å². The second kappa shape index (κ2) is 21.0. The van der Waals surface area contributed by atoms with Crippen LogP contribution in [0.2, 0.25) is 0 Å². The van der Waals surface area contributed by atoms with E-state index in [1.54, 1.807) is 6.92 Å². The number of ether oxygens (including phenoxy) is 8. The van der Waals surface area contributed by atoms with E-state index >= 15 is 0 Å². The Morgan fingerprint density at radius 2 is 1.05 bits per heavy atom. The molecule has 4 saturated heterocycles. The average Bonchev–Trinajstić information content (AvgIpc) is 3.46. The van der Waals surface area contributed by atoms with E-state index in [9.17, 15) is 76.3 Å². The molecule has 22 unspecified atom stereocenters. The predicted molar refractivity (Wildman–Crippen MR) is 217 cm³/mol. The molecule has 380 valence electrons. The van der Waals surface area contributed by atoms with Crippen molar-refractivity contribution >= 4 is 5.97 Å². The van der Waals surface area contributed by atoms with E-state index in [1.807, 2.05) is 0 Å². The van der Waals surface area contributed by atoms with E-state index in [2.05, 4.69) is 13.5 Å². The van der Waals surface area contributed by atoms with Crippen LogP contribution in [0.5, 0.6) is 0 Å². The molecule has 0 aromatic heterocycles. The summed E-state index contributed by atoms with van der Waals surface area (Å²) in [7, 11) is 0. The Hall–Kier alpha value is -1.63. The van der Waals surface area contributed by atoms with Gasteiger partial charge in [-0.25, -0.2) is 0 Å². The fraction of sp³-hybridized carbons (Fsp3) is 0.930. The molecule has 3 aliphatic carbocycles. The highest BCUT2D eigenvalue weighted by Crippen LogP contribution is 2.64. The van der Waals surface area contributed by atoms with Crippen LogP contribution in [0, 0.1) is 28.6 Å². The lowest BCUT2D eigenvalue weighted by Crippen LogP contribution is -2.65. The van der Waals surface area contributed by atoms with Crippen molar-refractivity contribution in [2.45, 2.75) is 194 Å². The second-order valence-corrected chi connectivity index (χ2v) is 19.8. The molecule has 7 aliphatic rings. The highest BCUT2D eigenvalue weighted by atomic mass is 16.8. The Balaban J connectivity index is 1.05. The molecular weight excluding hydrogens is 884 g/mol. The first-order chi connectivity index (χ1) is 31.2. The van der Waals surface area contributed by atoms with Crippen LogP contribution >= 0.6 is 0 Å². The van der Waals surface area contributed by atoms with Crippen LogP contribution in [-0.4, -0.2) is 233 Å². The number of carbonyl (C=O) groups excluding carboxylic acids is 1. The molecule has 0 spiro atoms. The first-order valence-corrected chi connectivity index (χ1v) is 23.0. The van der Waals surface area contributed by atoms with Crippen molar-refractivity contribution < 1.29 is 114 Å². The molecule has 3 saturated carbocycles. The lowest BCUT2D eigenvalue weighted by atomic mass is 9.45. The van der Waals surface area contributed by atoms with E-state index in [1.165, 1.54) is 0 Å². The summed E-state index contributed by atoms with van der Waals surface area (Å²) in [5, 5.41) is 146. The maximum Gasteiger partial charge on any atom is 0.314 e. The maximum atomic E-state index is 14.6. The van der Waals surface area contributed by atoms with Gasteiger partial charge in [0, 0.05) is 0 Å². The second-order valence-electron chi connectivity index (χ2n) is 19.8. The van der Waals surface area contributed by atoms with Gasteiger partial charge < -0.3 is 109 Å². The Bertz CT molecular complexity index is 1640. The van der Waals surface area contributed by atoms with Crippen molar-refractivity contribution in [2.24, 2.45) is 28.6 Å². The standard InChI is InChI=1S/C43H70O23/c1-16-11-17-5-8-24-42(2,18(17)6-7-19(16)59-39-34(57)35(28(51)23(15-47)62-39)64-37-32(55)29(52)25(48)20(12-44)60-37)9-4-10-43(24,3)41(58)66-40-36(31(54)27(50)22(14-46)63-40)65-38-33(56)30(53)26(49)21(13-45)61-38/h17-40,44-57H,1,4-15H2,2-3H3/t17?,18-,19?,20+,21?,22?,23?,24?,25?,26?,27?,28?,29?,30?,31?,32?,33?,34?,35?,36?,37?,38?,39?,40?,42+,43-/m1/s1. The SMILES string of the molecule is C=C1CC2CCC3[C@](C)(C(=O)OC4OC(CO)C(O)C(O)C4OC4OC(CO)C(O)C(O)C4O)CCC[C@@]3(C)[C@@H]2CCC1OC1OC(CO)C(O)C(OC2O[C@@H](CO)C(O)C(O)C2O)C1O. The highest BCUT2D eigenvalue weighted by molar-refractivity contribution is 5.77. The fourth-order valence-corrected chi connectivity index (χ4v) is 12.0. The molecular formula is C43H70O23. The quantitative estimate of drug-likeness (QED) is 0.0642. The molecule has 4 heterocycles. The number of hydrogen-bond acceptors (Lipinski definition) is 23. The van der Waals surface area contributed by atoms with Crippen molar-refractivity contribution in [3.05, 3.63) is 12.2 Å². The third kappa shape index (κ3) is 9.61. The first kappa shape index (κ1) is 52.2. The molecule has 0 radical (unpaired) electrons. The van der Waals surface area contributed by atoms with Crippen molar-refractivity contribution in [2.75, 3.05) is 26.4 Å². The summed E-state index contributed by atoms with van der Waals surface area (Å²) >= 11 is 0. The van der Waals surface area contributed by atoms with Crippen LogP contribution in [-0.2, 0) is 42.7 Å². The van der Waals surface area contributed by atoms with Gasteiger partial charge in [-0.05, 0) is 80.6 Å². The number of fused-ring (bicyclic) bond motifs is 3. The van der Waals surface area contributed by atoms with Gasteiger partial charge in [0.2, 0.25) is 6.29 Å². The van der Waals surface area contributed by atoms with Crippen LogP contribution in [0.3, 0.4) is 0 Å². The zero-order valence-corrected chi connectivity index (χ0v) is 37.0. The van der Waals surface area contributed by atoms with Crippen LogP contribution in [0.1, 0.15) is 65.2 Å². The van der Waals surface area contributed by atoms with Gasteiger partial charge >= 0.3 is 5.97 Å². The molecule has 0 aromatic rings. The van der Waals surface area contributed by atoms with Crippen LogP contribution in [0.25, 0.3) is 0 Å². The van der Waals surface area contributed by atoms with Crippen LogP contribution < -0.4 is 0 Å². The third-order valence-corrected chi connectivity index (χ3v) is 15.9. The summed E-state index contributed by atoms with van der Waals surface area (Å²) in [5.74, 6) is -0.804. The van der Waals surface area contributed by atoms with Crippen molar-refractivity contribution in [3.8, 4) is 0 Å². The summed E-state index contributed by atoms with van der Waals surface area (Å²) in [6, 6.07) is 0. The number of carbonyl (C=O) groups is 1. The summed E-state index contributed by atoms with van der Waals surface area (Å²) in [4.78, 5) is 14.6. The molecule has 14 N–H and O–H groups in total. The van der Waals surface area contributed by atoms with Crippen molar-refractivity contribution in [1.29, 1.82) is 0 Å². The Morgan fingerprint density at radius 1 is 0.561 bits per heavy atom. The normalized spacial score (nSPS) is 52.5. The largest absolute Gasteiger partial charge is 0.432 e. The van der Waals surface area contributed by atoms with Gasteiger partial charge in [0.15, 0.2) is 25.0 Å². The molecule has 66 heavy (non-hydrogen) atoms.